The Balaban J connectivity index is 1.45. The van der Waals surface area contributed by atoms with Crippen molar-refractivity contribution in [3.05, 3.63) is 47.4 Å². The lowest BCUT2D eigenvalue weighted by Crippen LogP contribution is -2.32. The van der Waals surface area contributed by atoms with Crippen molar-refractivity contribution < 1.29 is 9.32 Å². The number of nitrogens with zero attached hydrogens (tertiary/aromatic N) is 7. The van der Waals surface area contributed by atoms with E-state index in [9.17, 15) is 4.79 Å². The molecule has 4 rings (SSSR count). The van der Waals surface area contributed by atoms with E-state index in [1.165, 1.54) is 0 Å². The van der Waals surface area contributed by atoms with E-state index in [1.54, 1.807) is 4.68 Å². The van der Waals surface area contributed by atoms with Gasteiger partial charge in [-0.05, 0) is 47.9 Å². The molecule has 1 aromatic carbocycles. The molecule has 1 fully saturated rings. The summed E-state index contributed by atoms with van der Waals surface area (Å²) in [6, 6.07) is 7.57. The van der Waals surface area contributed by atoms with Gasteiger partial charge in [-0.15, -0.1) is 5.10 Å². The highest BCUT2D eigenvalue weighted by Gasteiger charge is 2.34. The first-order valence-corrected chi connectivity index (χ1v) is 9.50. The maximum absolute atomic E-state index is 12.9. The number of benzene rings is 1. The van der Waals surface area contributed by atoms with Gasteiger partial charge in [-0.25, -0.2) is 0 Å². The molecule has 28 heavy (non-hydrogen) atoms. The molecule has 9 heteroatoms. The molecule has 2 aromatic heterocycles. The second-order valence-electron chi connectivity index (χ2n) is 7.37. The molecule has 1 aliphatic heterocycles. The molecule has 1 amide bonds. The molecule has 0 N–H and O–H groups in total. The maximum atomic E-state index is 12.9. The molecular weight excluding hydrogens is 358 g/mol. The zero-order valence-electron chi connectivity index (χ0n) is 16.2. The smallest absolute Gasteiger partial charge is 0.249 e. The van der Waals surface area contributed by atoms with Crippen LogP contribution < -0.4 is 0 Å². The Morgan fingerprint density at radius 3 is 2.71 bits per heavy atom. The molecule has 0 saturated carbocycles. The van der Waals surface area contributed by atoms with E-state index in [0.29, 0.717) is 30.5 Å². The third kappa shape index (κ3) is 3.51. The van der Waals surface area contributed by atoms with Crippen LogP contribution in [0.25, 0.3) is 5.69 Å². The minimum Gasteiger partial charge on any atom is -0.337 e. The Bertz CT molecular complexity index is 961. The van der Waals surface area contributed by atoms with Crippen LogP contribution in [0.4, 0.5) is 0 Å². The summed E-state index contributed by atoms with van der Waals surface area (Å²) in [5.74, 6) is 2.20. The van der Waals surface area contributed by atoms with Gasteiger partial charge in [-0.3, -0.25) is 4.79 Å². The molecule has 146 valence electrons. The molecular formula is C19H23N7O2. The Labute approximate surface area is 162 Å². The van der Waals surface area contributed by atoms with Gasteiger partial charge in [0, 0.05) is 12.5 Å². The molecule has 1 atom stereocenters. The quantitative estimate of drug-likeness (QED) is 0.668. The number of rotatable bonds is 5. The molecule has 1 aliphatic rings. The Hall–Kier alpha value is -3.10. The zero-order valence-corrected chi connectivity index (χ0v) is 16.2. The van der Waals surface area contributed by atoms with E-state index in [4.69, 9.17) is 4.52 Å². The minimum absolute atomic E-state index is 0.0677. The fourth-order valence-electron chi connectivity index (χ4n) is 3.44. The van der Waals surface area contributed by atoms with E-state index in [2.05, 4.69) is 25.7 Å². The second-order valence-corrected chi connectivity index (χ2v) is 7.37. The van der Waals surface area contributed by atoms with Crippen LogP contribution in [-0.4, -0.2) is 47.7 Å². The number of carbonyl (C=O) groups excluding carboxylic acids is 1. The summed E-state index contributed by atoms with van der Waals surface area (Å²) in [4.78, 5) is 19.3. The first kappa shape index (κ1) is 18.3. The van der Waals surface area contributed by atoms with E-state index in [0.717, 1.165) is 24.1 Å². The first-order chi connectivity index (χ1) is 13.5. The summed E-state index contributed by atoms with van der Waals surface area (Å²) >= 11 is 0. The number of likely N-dealkylation sites (tertiary alicyclic amines) is 1. The van der Waals surface area contributed by atoms with Crippen molar-refractivity contribution in [2.24, 2.45) is 0 Å². The zero-order chi connectivity index (χ0) is 19.7. The van der Waals surface area contributed by atoms with Crippen LogP contribution in [0.1, 0.15) is 61.8 Å². The van der Waals surface area contributed by atoms with Crippen molar-refractivity contribution in [3.63, 3.8) is 0 Å². The van der Waals surface area contributed by atoms with Crippen LogP contribution in [0.5, 0.6) is 0 Å². The molecule has 0 aliphatic carbocycles. The van der Waals surface area contributed by atoms with Crippen LogP contribution in [0, 0.1) is 6.92 Å². The van der Waals surface area contributed by atoms with Gasteiger partial charge < -0.3 is 9.42 Å². The third-order valence-electron chi connectivity index (χ3n) is 4.99. The molecule has 3 heterocycles. The van der Waals surface area contributed by atoms with E-state index >= 15 is 0 Å². The summed E-state index contributed by atoms with van der Waals surface area (Å²) in [5.41, 5.74) is 1.81. The standard InChI is InChI=1S/C19H23N7O2/c1-12(2)18-20-19(28-22-18)16-5-4-10-25(16)17(27)11-14-6-8-15(9-7-14)26-13(3)21-23-24-26/h6-9,12,16H,4-5,10-11H2,1-3H3/t16-/m0/s1. The average Bonchev–Trinajstić information content (AvgIpc) is 3.42. The van der Waals surface area contributed by atoms with Crippen LogP contribution in [0.3, 0.4) is 0 Å². The monoisotopic (exact) mass is 381 g/mol. The lowest BCUT2D eigenvalue weighted by molar-refractivity contribution is -0.131. The number of tetrazole rings is 1. The van der Waals surface area contributed by atoms with Crippen molar-refractivity contribution in [1.29, 1.82) is 0 Å². The number of carbonyl (C=O) groups is 1. The SMILES string of the molecule is Cc1nnnn1-c1ccc(CC(=O)N2CCC[C@H]2c2nc(C(C)C)no2)cc1. The fraction of sp³-hybridized carbons (Fsp3) is 0.474. The van der Waals surface area contributed by atoms with Crippen molar-refractivity contribution in [1.82, 2.24) is 35.2 Å². The maximum Gasteiger partial charge on any atom is 0.249 e. The van der Waals surface area contributed by atoms with Gasteiger partial charge in [-0.2, -0.15) is 9.67 Å². The lowest BCUT2D eigenvalue weighted by Gasteiger charge is -2.22. The van der Waals surface area contributed by atoms with Gasteiger partial charge in [0.15, 0.2) is 11.6 Å². The Morgan fingerprint density at radius 1 is 1.29 bits per heavy atom. The first-order valence-electron chi connectivity index (χ1n) is 9.50. The predicted octanol–water partition coefficient (Wildman–Crippen LogP) is 2.38. The topological polar surface area (TPSA) is 103 Å². The molecule has 1 saturated heterocycles. The highest BCUT2D eigenvalue weighted by Crippen LogP contribution is 2.32. The van der Waals surface area contributed by atoms with Crippen LogP contribution in [0.2, 0.25) is 0 Å². The summed E-state index contributed by atoms with van der Waals surface area (Å²) in [5, 5.41) is 15.5. The molecule has 3 aromatic rings. The normalized spacial score (nSPS) is 16.9. The minimum atomic E-state index is -0.129. The highest BCUT2D eigenvalue weighted by molar-refractivity contribution is 5.79. The lowest BCUT2D eigenvalue weighted by atomic mass is 10.1. The van der Waals surface area contributed by atoms with Gasteiger partial charge in [0.25, 0.3) is 0 Å². The predicted molar refractivity (Wildman–Crippen MR) is 99.7 cm³/mol. The van der Waals surface area contributed by atoms with E-state index < -0.39 is 0 Å². The molecule has 0 bridgehead atoms. The molecule has 0 unspecified atom stereocenters. The molecule has 0 radical (unpaired) electrons. The van der Waals surface area contributed by atoms with Crippen LogP contribution >= 0.6 is 0 Å². The number of aryl methyl sites for hydroxylation is 1. The molecule has 9 nitrogen and oxygen atoms in total. The van der Waals surface area contributed by atoms with Crippen molar-refractivity contribution >= 4 is 5.91 Å². The van der Waals surface area contributed by atoms with Gasteiger partial charge in [0.05, 0.1) is 12.1 Å². The van der Waals surface area contributed by atoms with Gasteiger partial charge >= 0.3 is 0 Å². The Kier molecular flexibility index (Phi) is 4.89. The summed E-state index contributed by atoms with van der Waals surface area (Å²) < 4.78 is 7.09. The molecule has 0 spiro atoms. The second kappa shape index (κ2) is 7.49. The summed E-state index contributed by atoms with van der Waals surface area (Å²) in [7, 11) is 0. The number of aromatic nitrogens is 6. The fourth-order valence-corrected chi connectivity index (χ4v) is 3.44. The van der Waals surface area contributed by atoms with Gasteiger partial charge in [-0.1, -0.05) is 31.1 Å². The number of amides is 1. The third-order valence-corrected chi connectivity index (χ3v) is 4.99. The van der Waals surface area contributed by atoms with Gasteiger partial charge in [0.1, 0.15) is 6.04 Å². The van der Waals surface area contributed by atoms with Crippen LogP contribution in [0.15, 0.2) is 28.8 Å². The largest absolute Gasteiger partial charge is 0.337 e. The summed E-state index contributed by atoms with van der Waals surface area (Å²) in [6.07, 6.45) is 2.12. The average molecular weight is 381 g/mol. The van der Waals surface area contributed by atoms with Crippen molar-refractivity contribution in [2.75, 3.05) is 6.54 Å². The highest BCUT2D eigenvalue weighted by atomic mass is 16.5. The van der Waals surface area contributed by atoms with E-state index in [-0.39, 0.29) is 17.9 Å². The Morgan fingerprint density at radius 2 is 2.07 bits per heavy atom. The summed E-state index contributed by atoms with van der Waals surface area (Å²) in [6.45, 7) is 6.59. The van der Waals surface area contributed by atoms with E-state index in [1.807, 2.05) is 49.9 Å². The van der Waals surface area contributed by atoms with Crippen molar-refractivity contribution in [2.45, 2.75) is 52.0 Å². The van der Waals surface area contributed by atoms with Crippen molar-refractivity contribution in [3.8, 4) is 5.69 Å². The van der Waals surface area contributed by atoms with Gasteiger partial charge in [0.2, 0.25) is 11.8 Å². The number of hydrogen-bond acceptors (Lipinski definition) is 7. The number of hydrogen-bond donors (Lipinski definition) is 0. The van der Waals surface area contributed by atoms with Crippen LogP contribution in [-0.2, 0) is 11.2 Å².